The van der Waals surface area contributed by atoms with E-state index in [0.717, 1.165) is 24.3 Å². The Hall–Kier alpha value is -0.900. The summed E-state index contributed by atoms with van der Waals surface area (Å²) >= 11 is 0. The normalized spacial score (nSPS) is 11.5. The molecule has 0 aliphatic rings. The van der Waals surface area contributed by atoms with Crippen molar-refractivity contribution < 1.29 is 17.9 Å². The molecule has 1 N–H and O–H groups in total. The second-order valence-electron chi connectivity index (χ2n) is 5.34. The zero-order chi connectivity index (χ0) is 18.2. The number of nitrogens with one attached hydrogen (secondary N) is 1. The number of carbonyl (C=O) groups is 1. The van der Waals surface area contributed by atoms with Crippen molar-refractivity contribution in [3.63, 3.8) is 0 Å². The van der Waals surface area contributed by atoms with Gasteiger partial charge in [-0.1, -0.05) is 21.6 Å². The van der Waals surface area contributed by atoms with E-state index in [9.17, 15) is 13.2 Å². The fraction of sp³-hybridized carbons (Fsp3) is 0.533. The van der Waals surface area contributed by atoms with E-state index in [1.807, 2.05) is 14.1 Å². The highest BCUT2D eigenvalue weighted by molar-refractivity contribution is 8.76. The minimum Gasteiger partial charge on any atom is -0.496 e. The van der Waals surface area contributed by atoms with Crippen LogP contribution < -0.4 is 10.1 Å². The smallest absolute Gasteiger partial charge is 0.255 e. The molecule has 0 fully saturated rings. The average Bonchev–Trinajstić information content (AvgIpc) is 2.51. The number of benzene rings is 1. The fourth-order valence-electron chi connectivity index (χ4n) is 1.73. The van der Waals surface area contributed by atoms with Gasteiger partial charge in [-0.3, -0.25) is 4.79 Å². The first-order chi connectivity index (χ1) is 11.3. The first-order valence-corrected chi connectivity index (χ1v) is 11.7. The number of hydrogen-bond acceptors (Lipinski definition) is 7. The van der Waals surface area contributed by atoms with Crippen LogP contribution in [0.1, 0.15) is 10.4 Å². The molecule has 0 aliphatic heterocycles. The van der Waals surface area contributed by atoms with Gasteiger partial charge in [-0.2, -0.15) is 0 Å². The minimum atomic E-state index is -3.37. The summed E-state index contributed by atoms with van der Waals surface area (Å²) in [5, 5.41) is 2.79. The number of amides is 1. The number of rotatable bonds is 10. The number of hydrogen-bond donors (Lipinski definition) is 1. The molecule has 136 valence electrons. The molecule has 0 atom stereocenters. The molecule has 0 unspecified atom stereocenters. The van der Waals surface area contributed by atoms with Crippen molar-refractivity contribution in [2.45, 2.75) is 4.90 Å². The van der Waals surface area contributed by atoms with Gasteiger partial charge in [-0.05, 0) is 32.3 Å². The van der Waals surface area contributed by atoms with Crippen LogP contribution in [0.5, 0.6) is 5.75 Å². The van der Waals surface area contributed by atoms with Crippen molar-refractivity contribution in [3.05, 3.63) is 23.8 Å². The molecule has 0 radical (unpaired) electrons. The van der Waals surface area contributed by atoms with Crippen LogP contribution in [0.25, 0.3) is 0 Å². The number of sulfone groups is 1. The van der Waals surface area contributed by atoms with Crippen molar-refractivity contribution in [3.8, 4) is 5.75 Å². The van der Waals surface area contributed by atoms with E-state index in [0.29, 0.717) is 12.3 Å². The zero-order valence-electron chi connectivity index (χ0n) is 14.4. The molecule has 0 bridgehead atoms. The first-order valence-electron chi connectivity index (χ1n) is 7.31. The van der Waals surface area contributed by atoms with Gasteiger partial charge in [0, 0.05) is 30.9 Å². The Kier molecular flexibility index (Phi) is 8.96. The molecule has 0 aliphatic carbocycles. The van der Waals surface area contributed by atoms with Crippen molar-refractivity contribution in [2.75, 3.05) is 52.1 Å². The van der Waals surface area contributed by atoms with E-state index in [1.54, 1.807) is 21.6 Å². The number of nitrogens with zero attached hydrogens (tertiary/aromatic N) is 1. The molecule has 0 saturated carbocycles. The van der Waals surface area contributed by atoms with Crippen LogP contribution in [0.3, 0.4) is 0 Å². The third-order valence-corrected chi connectivity index (χ3v) is 6.52. The van der Waals surface area contributed by atoms with Crippen molar-refractivity contribution in [2.24, 2.45) is 0 Å². The summed E-state index contributed by atoms with van der Waals surface area (Å²) in [5.74, 6) is 1.82. The zero-order valence-corrected chi connectivity index (χ0v) is 16.8. The summed E-state index contributed by atoms with van der Waals surface area (Å²) in [4.78, 5) is 14.5. The van der Waals surface area contributed by atoms with Gasteiger partial charge in [0.25, 0.3) is 5.91 Å². The van der Waals surface area contributed by atoms with E-state index in [-0.39, 0.29) is 16.4 Å². The third-order valence-electron chi connectivity index (χ3n) is 3.02. The van der Waals surface area contributed by atoms with Crippen molar-refractivity contribution in [1.29, 1.82) is 0 Å². The lowest BCUT2D eigenvalue weighted by Crippen LogP contribution is -2.26. The molecule has 0 saturated heterocycles. The molecule has 0 heterocycles. The second-order valence-corrected chi connectivity index (χ2v) is 10.1. The highest BCUT2D eigenvalue weighted by Crippen LogP contribution is 2.23. The van der Waals surface area contributed by atoms with Crippen molar-refractivity contribution in [1.82, 2.24) is 10.2 Å². The van der Waals surface area contributed by atoms with Gasteiger partial charge in [0.15, 0.2) is 9.84 Å². The van der Waals surface area contributed by atoms with Gasteiger partial charge in [-0.15, -0.1) is 0 Å². The topological polar surface area (TPSA) is 75.7 Å². The molecule has 0 aromatic heterocycles. The Balaban J connectivity index is 2.55. The van der Waals surface area contributed by atoms with E-state index in [1.165, 1.54) is 25.3 Å². The largest absolute Gasteiger partial charge is 0.496 e. The Morgan fingerprint density at radius 2 is 1.92 bits per heavy atom. The lowest BCUT2D eigenvalue weighted by molar-refractivity contribution is 0.0953. The molecular formula is C15H24N2O4S3. The lowest BCUT2D eigenvalue weighted by Gasteiger charge is -2.11. The van der Waals surface area contributed by atoms with Crippen molar-refractivity contribution >= 4 is 37.3 Å². The maximum absolute atomic E-state index is 12.3. The lowest BCUT2D eigenvalue weighted by atomic mass is 10.2. The Morgan fingerprint density at radius 3 is 2.50 bits per heavy atom. The average molecular weight is 393 g/mol. The molecule has 1 rings (SSSR count). The molecule has 1 aromatic carbocycles. The van der Waals surface area contributed by atoms with E-state index in [2.05, 4.69) is 10.2 Å². The third kappa shape index (κ3) is 7.33. The first kappa shape index (κ1) is 21.1. The molecule has 1 aromatic rings. The van der Waals surface area contributed by atoms with Gasteiger partial charge in [0.05, 0.1) is 17.6 Å². The van der Waals surface area contributed by atoms with Crippen LogP contribution in [0.4, 0.5) is 0 Å². The summed E-state index contributed by atoms with van der Waals surface area (Å²) in [6.07, 6.45) is 1.11. The molecular weight excluding hydrogens is 368 g/mol. The predicted molar refractivity (Wildman–Crippen MR) is 102 cm³/mol. The maximum atomic E-state index is 12.3. The Labute approximate surface area is 152 Å². The highest BCUT2D eigenvalue weighted by atomic mass is 33.1. The fourth-order valence-corrected chi connectivity index (χ4v) is 4.42. The highest BCUT2D eigenvalue weighted by Gasteiger charge is 2.16. The number of methoxy groups -OCH3 is 1. The van der Waals surface area contributed by atoms with Crippen LogP contribution in [0.15, 0.2) is 23.1 Å². The molecule has 9 heteroatoms. The van der Waals surface area contributed by atoms with Crippen LogP contribution >= 0.6 is 21.6 Å². The van der Waals surface area contributed by atoms with E-state index >= 15 is 0 Å². The molecule has 24 heavy (non-hydrogen) atoms. The summed E-state index contributed by atoms with van der Waals surface area (Å²) in [6.45, 7) is 1.52. The van der Waals surface area contributed by atoms with Crippen LogP contribution in [-0.4, -0.2) is 71.3 Å². The Bertz CT molecular complexity index is 648. The van der Waals surface area contributed by atoms with Crippen LogP contribution in [0, 0.1) is 0 Å². The number of ether oxygens (including phenoxy) is 1. The molecule has 6 nitrogen and oxygen atoms in total. The van der Waals surface area contributed by atoms with E-state index < -0.39 is 9.84 Å². The van der Waals surface area contributed by atoms with Gasteiger partial charge in [0.2, 0.25) is 0 Å². The minimum absolute atomic E-state index is 0.0991. The molecule has 0 spiro atoms. The monoisotopic (exact) mass is 392 g/mol. The SMILES string of the molecule is COc1ccc(S(C)(=O)=O)cc1C(=O)NCCSSCCN(C)C. The summed E-state index contributed by atoms with van der Waals surface area (Å²) < 4.78 is 28.4. The molecule has 1 amide bonds. The number of carbonyl (C=O) groups excluding carboxylic acids is 1. The summed E-state index contributed by atoms with van der Waals surface area (Å²) in [6, 6.07) is 4.28. The van der Waals surface area contributed by atoms with Gasteiger partial charge in [-0.25, -0.2) is 8.42 Å². The quantitative estimate of drug-likeness (QED) is 0.480. The summed E-state index contributed by atoms with van der Waals surface area (Å²) in [7, 11) is 5.60. The van der Waals surface area contributed by atoms with Gasteiger partial charge < -0.3 is 15.0 Å². The second kappa shape index (κ2) is 10.2. The maximum Gasteiger partial charge on any atom is 0.255 e. The summed E-state index contributed by atoms with van der Waals surface area (Å²) in [5.41, 5.74) is 0.227. The van der Waals surface area contributed by atoms with Crippen LogP contribution in [0.2, 0.25) is 0 Å². The predicted octanol–water partition coefficient (Wildman–Crippen LogP) is 1.77. The van der Waals surface area contributed by atoms with Gasteiger partial charge in [0.1, 0.15) is 5.75 Å². The Morgan fingerprint density at radius 1 is 1.25 bits per heavy atom. The van der Waals surface area contributed by atoms with E-state index in [4.69, 9.17) is 4.74 Å². The van der Waals surface area contributed by atoms with Gasteiger partial charge >= 0.3 is 0 Å². The standard InChI is InChI=1S/C15H24N2O4S3/c1-17(2)8-10-23-22-9-7-16-15(18)13-11-12(24(4,19)20)5-6-14(13)21-3/h5-6,11H,7-10H2,1-4H3,(H,16,18). The van der Waals surface area contributed by atoms with Crippen LogP contribution in [-0.2, 0) is 9.84 Å².